The van der Waals surface area contributed by atoms with Gasteiger partial charge in [0, 0.05) is 28.1 Å². The Morgan fingerprint density at radius 3 is 2.64 bits per heavy atom. The van der Waals surface area contributed by atoms with Gasteiger partial charge in [-0.1, -0.05) is 17.7 Å². The van der Waals surface area contributed by atoms with Crippen LogP contribution in [0.15, 0.2) is 36.5 Å². The lowest BCUT2D eigenvalue weighted by atomic mass is 10.1. The van der Waals surface area contributed by atoms with Gasteiger partial charge < -0.3 is 10.6 Å². The molecular weight excluding hydrogens is 298 g/mol. The van der Waals surface area contributed by atoms with Crippen molar-refractivity contribution in [3.8, 4) is 0 Å². The quantitative estimate of drug-likeness (QED) is 0.886. The maximum atomic E-state index is 12.2. The van der Waals surface area contributed by atoms with E-state index < -0.39 is 0 Å². The van der Waals surface area contributed by atoms with E-state index in [9.17, 15) is 4.79 Å². The number of aromatic nitrogens is 1. The first kappa shape index (κ1) is 16.3. The Bertz CT molecular complexity index is 693. The van der Waals surface area contributed by atoms with Gasteiger partial charge in [-0.25, -0.2) is 0 Å². The molecule has 5 heteroatoms. The molecule has 0 radical (unpaired) electrons. The van der Waals surface area contributed by atoms with Crippen molar-refractivity contribution in [2.45, 2.75) is 33.2 Å². The molecule has 1 heterocycles. The molecule has 0 saturated heterocycles. The first-order valence-electron chi connectivity index (χ1n) is 7.07. The third kappa shape index (κ3) is 4.21. The summed E-state index contributed by atoms with van der Waals surface area (Å²) < 4.78 is 0. The number of nitrogens with zero attached hydrogens (tertiary/aromatic N) is 1. The number of anilines is 2. The summed E-state index contributed by atoms with van der Waals surface area (Å²) in [5, 5.41) is 6.86. The second kappa shape index (κ2) is 6.36. The largest absolute Gasteiger partial charge is 0.355 e. The number of rotatable bonds is 3. The second-order valence-corrected chi connectivity index (χ2v) is 6.58. The molecule has 0 aliphatic rings. The van der Waals surface area contributed by atoms with Gasteiger partial charge in [0.1, 0.15) is 5.69 Å². The number of hydrogen-bond acceptors (Lipinski definition) is 3. The zero-order valence-electron chi connectivity index (χ0n) is 13.2. The lowest BCUT2D eigenvalue weighted by molar-refractivity contribution is 0.0914. The first-order valence-corrected chi connectivity index (χ1v) is 7.45. The van der Waals surface area contributed by atoms with Crippen LogP contribution in [0.5, 0.6) is 0 Å². The van der Waals surface area contributed by atoms with Crippen LogP contribution in [0.4, 0.5) is 11.4 Å². The highest BCUT2D eigenvalue weighted by atomic mass is 35.5. The Balaban J connectivity index is 2.22. The van der Waals surface area contributed by atoms with Crippen molar-refractivity contribution in [2.75, 3.05) is 5.32 Å². The predicted molar refractivity (Wildman–Crippen MR) is 90.9 cm³/mol. The van der Waals surface area contributed by atoms with Gasteiger partial charge in [0.15, 0.2) is 0 Å². The zero-order valence-corrected chi connectivity index (χ0v) is 14.0. The van der Waals surface area contributed by atoms with Gasteiger partial charge in [-0.3, -0.25) is 9.78 Å². The summed E-state index contributed by atoms with van der Waals surface area (Å²) in [6.45, 7) is 7.74. The molecule has 1 amide bonds. The average Bonchev–Trinajstić information content (AvgIpc) is 2.42. The standard InChI is InChI=1S/C17H20ClN3O/c1-11-13(18)6-5-7-14(11)20-12-8-9-19-15(10-12)16(22)21-17(2,3)4/h5-10H,1-4H3,(H,19,20)(H,21,22). The number of carbonyl (C=O) groups excluding carboxylic acids is 1. The fraction of sp³-hybridized carbons (Fsp3) is 0.294. The summed E-state index contributed by atoms with van der Waals surface area (Å²) in [6, 6.07) is 9.20. The van der Waals surface area contributed by atoms with Crippen LogP contribution < -0.4 is 10.6 Å². The highest BCUT2D eigenvalue weighted by Gasteiger charge is 2.16. The molecule has 0 unspecified atom stereocenters. The molecular formula is C17H20ClN3O. The fourth-order valence-corrected chi connectivity index (χ4v) is 2.11. The summed E-state index contributed by atoms with van der Waals surface area (Å²) >= 11 is 6.12. The third-order valence-corrected chi connectivity index (χ3v) is 3.44. The van der Waals surface area contributed by atoms with Crippen molar-refractivity contribution in [3.63, 3.8) is 0 Å². The molecule has 116 valence electrons. The number of carbonyl (C=O) groups is 1. The molecule has 2 N–H and O–H groups in total. The lowest BCUT2D eigenvalue weighted by Crippen LogP contribution is -2.40. The summed E-state index contributed by atoms with van der Waals surface area (Å²) in [6.07, 6.45) is 1.61. The normalized spacial score (nSPS) is 11.1. The molecule has 22 heavy (non-hydrogen) atoms. The monoisotopic (exact) mass is 317 g/mol. The fourth-order valence-electron chi connectivity index (χ4n) is 1.94. The summed E-state index contributed by atoms with van der Waals surface area (Å²) in [7, 11) is 0. The minimum absolute atomic E-state index is 0.195. The Kier molecular flexibility index (Phi) is 4.71. The first-order chi connectivity index (χ1) is 10.3. The molecule has 0 bridgehead atoms. The van der Waals surface area contributed by atoms with Crippen LogP contribution in [0.1, 0.15) is 36.8 Å². The number of amides is 1. The second-order valence-electron chi connectivity index (χ2n) is 6.17. The van der Waals surface area contributed by atoms with Gasteiger partial charge in [0.2, 0.25) is 0 Å². The summed E-state index contributed by atoms with van der Waals surface area (Å²) in [4.78, 5) is 16.3. The molecule has 0 atom stereocenters. The van der Waals surface area contributed by atoms with Gasteiger partial charge >= 0.3 is 0 Å². The van der Waals surface area contributed by atoms with Crippen molar-refractivity contribution >= 4 is 28.9 Å². The van der Waals surface area contributed by atoms with Crippen molar-refractivity contribution in [2.24, 2.45) is 0 Å². The van der Waals surface area contributed by atoms with Gasteiger partial charge in [-0.2, -0.15) is 0 Å². The Hall–Kier alpha value is -2.07. The number of nitrogens with one attached hydrogen (secondary N) is 2. The van der Waals surface area contributed by atoms with E-state index in [1.54, 1.807) is 12.3 Å². The van der Waals surface area contributed by atoms with Gasteiger partial charge in [-0.15, -0.1) is 0 Å². The van der Waals surface area contributed by atoms with E-state index in [0.717, 1.165) is 16.9 Å². The molecule has 2 rings (SSSR count). The minimum Gasteiger partial charge on any atom is -0.355 e. The molecule has 1 aromatic carbocycles. The van der Waals surface area contributed by atoms with Crippen molar-refractivity contribution in [1.82, 2.24) is 10.3 Å². The van der Waals surface area contributed by atoms with Gasteiger partial charge in [-0.05, 0) is 57.5 Å². The topological polar surface area (TPSA) is 54.0 Å². The van der Waals surface area contributed by atoms with E-state index in [2.05, 4.69) is 15.6 Å². The number of benzene rings is 1. The highest BCUT2D eigenvalue weighted by molar-refractivity contribution is 6.31. The van der Waals surface area contributed by atoms with E-state index in [4.69, 9.17) is 11.6 Å². The number of pyridine rings is 1. The SMILES string of the molecule is Cc1c(Cl)cccc1Nc1ccnc(C(=O)NC(C)(C)C)c1. The molecule has 0 spiro atoms. The minimum atomic E-state index is -0.300. The molecule has 1 aromatic heterocycles. The van der Waals surface area contributed by atoms with E-state index >= 15 is 0 Å². The van der Waals surface area contributed by atoms with Crippen LogP contribution in [-0.4, -0.2) is 16.4 Å². The molecule has 4 nitrogen and oxygen atoms in total. The maximum absolute atomic E-state index is 12.2. The van der Waals surface area contributed by atoms with Gasteiger partial charge in [0.25, 0.3) is 5.91 Å². The van der Waals surface area contributed by atoms with Crippen molar-refractivity contribution in [3.05, 3.63) is 52.8 Å². The van der Waals surface area contributed by atoms with Gasteiger partial charge in [0.05, 0.1) is 0 Å². The van der Waals surface area contributed by atoms with E-state index in [-0.39, 0.29) is 11.4 Å². The summed E-state index contributed by atoms with van der Waals surface area (Å²) in [5.41, 5.74) is 2.73. The molecule has 2 aromatic rings. The molecule has 0 aliphatic heterocycles. The van der Waals surface area contributed by atoms with E-state index in [0.29, 0.717) is 10.7 Å². The molecule has 0 saturated carbocycles. The lowest BCUT2D eigenvalue weighted by Gasteiger charge is -2.20. The number of hydrogen-bond donors (Lipinski definition) is 2. The van der Waals surface area contributed by atoms with Crippen molar-refractivity contribution in [1.29, 1.82) is 0 Å². The van der Waals surface area contributed by atoms with E-state index in [1.807, 2.05) is 52.0 Å². The summed E-state index contributed by atoms with van der Waals surface area (Å²) in [5.74, 6) is -0.195. The van der Waals surface area contributed by atoms with Crippen molar-refractivity contribution < 1.29 is 4.79 Å². The maximum Gasteiger partial charge on any atom is 0.270 e. The van der Waals surface area contributed by atoms with Crippen LogP contribution in [-0.2, 0) is 0 Å². The smallest absolute Gasteiger partial charge is 0.270 e. The van der Waals surface area contributed by atoms with Crippen LogP contribution in [0.25, 0.3) is 0 Å². The Labute approximate surface area is 135 Å². The zero-order chi connectivity index (χ0) is 16.3. The number of halogens is 1. The highest BCUT2D eigenvalue weighted by Crippen LogP contribution is 2.26. The average molecular weight is 318 g/mol. The predicted octanol–water partition coefficient (Wildman–Crippen LogP) is 4.32. The van der Waals surface area contributed by atoms with Crippen LogP contribution >= 0.6 is 11.6 Å². The molecule has 0 fully saturated rings. The van der Waals surface area contributed by atoms with Crippen LogP contribution in [0, 0.1) is 6.92 Å². The van der Waals surface area contributed by atoms with Crippen LogP contribution in [0.2, 0.25) is 5.02 Å². The molecule has 0 aliphatic carbocycles. The Morgan fingerprint density at radius 2 is 1.95 bits per heavy atom. The Morgan fingerprint density at radius 1 is 1.23 bits per heavy atom. The van der Waals surface area contributed by atoms with Crippen LogP contribution in [0.3, 0.4) is 0 Å². The third-order valence-electron chi connectivity index (χ3n) is 3.03. The van der Waals surface area contributed by atoms with E-state index in [1.165, 1.54) is 0 Å².